The molecule has 0 spiro atoms. The highest BCUT2D eigenvalue weighted by Gasteiger charge is 2.33. The van der Waals surface area contributed by atoms with Crippen molar-refractivity contribution in [2.45, 2.75) is 32.6 Å². The predicted molar refractivity (Wildman–Crippen MR) is 145 cm³/mol. The van der Waals surface area contributed by atoms with Crippen molar-refractivity contribution < 1.29 is 14.3 Å². The van der Waals surface area contributed by atoms with E-state index in [-0.39, 0.29) is 11.8 Å². The van der Waals surface area contributed by atoms with Gasteiger partial charge < -0.3 is 14.5 Å². The normalized spacial score (nSPS) is 19.3. The van der Waals surface area contributed by atoms with Crippen molar-refractivity contribution in [1.29, 1.82) is 0 Å². The van der Waals surface area contributed by atoms with Crippen molar-refractivity contribution in [3.63, 3.8) is 0 Å². The number of benzene rings is 2. The zero-order chi connectivity index (χ0) is 26.1. The largest absolute Gasteiger partial charge is 0.423 e. The first-order valence-corrected chi connectivity index (χ1v) is 12.8. The second-order valence-corrected chi connectivity index (χ2v) is 9.89. The summed E-state index contributed by atoms with van der Waals surface area (Å²) >= 11 is 0. The van der Waals surface area contributed by atoms with Gasteiger partial charge in [0.25, 0.3) is 0 Å². The number of anilines is 1. The minimum Gasteiger partial charge on any atom is -0.423 e. The molecule has 190 valence electrons. The van der Waals surface area contributed by atoms with E-state index in [2.05, 4.69) is 31.0 Å². The first kappa shape index (κ1) is 24.7. The van der Waals surface area contributed by atoms with E-state index in [0.29, 0.717) is 24.8 Å². The highest BCUT2D eigenvalue weighted by atomic mass is 16.5. The third-order valence-electron chi connectivity index (χ3n) is 7.53. The molecule has 7 heteroatoms. The molecule has 5 rings (SSSR count). The first-order chi connectivity index (χ1) is 17.9. The van der Waals surface area contributed by atoms with E-state index in [0.717, 1.165) is 59.6 Å². The molecule has 2 unspecified atom stereocenters. The van der Waals surface area contributed by atoms with Gasteiger partial charge in [0.05, 0.1) is 5.69 Å². The van der Waals surface area contributed by atoms with Crippen molar-refractivity contribution in [2.24, 2.45) is 5.92 Å². The van der Waals surface area contributed by atoms with E-state index in [1.807, 2.05) is 42.2 Å². The lowest BCUT2D eigenvalue weighted by atomic mass is 9.74. The van der Waals surface area contributed by atoms with Crippen molar-refractivity contribution in [2.75, 3.05) is 31.1 Å². The summed E-state index contributed by atoms with van der Waals surface area (Å²) in [6.07, 6.45) is 4.20. The van der Waals surface area contributed by atoms with Gasteiger partial charge in [0.15, 0.2) is 0 Å². The van der Waals surface area contributed by atoms with Crippen LogP contribution in [0.4, 0.5) is 5.82 Å². The van der Waals surface area contributed by atoms with Crippen LogP contribution in [0.5, 0.6) is 5.75 Å². The molecule has 2 heterocycles. The van der Waals surface area contributed by atoms with Crippen LogP contribution in [0.2, 0.25) is 0 Å². The summed E-state index contributed by atoms with van der Waals surface area (Å²) in [5.41, 5.74) is 3.45. The molecule has 1 aliphatic heterocycles. The Morgan fingerprint density at radius 3 is 2.51 bits per heavy atom. The molecule has 7 nitrogen and oxygen atoms in total. The standard InChI is InChI=1S/C30H32N4O3/c1-5-28(35)33-11-13-34(14-12-33)30-26-15-19(3)24(18-27(26)31-20(4)32-30)25-17-22(37-29(36)6-2)16-21-9-7-8-10-23(21)25/h5-10,16-17,19,24H,1-2,11-15,18H2,3-4H3. The van der Waals surface area contributed by atoms with Crippen molar-refractivity contribution >= 4 is 28.5 Å². The molecular formula is C30H32N4O3. The third kappa shape index (κ3) is 4.86. The van der Waals surface area contributed by atoms with E-state index in [1.165, 1.54) is 17.7 Å². The highest BCUT2D eigenvalue weighted by molar-refractivity contribution is 5.90. The minimum absolute atomic E-state index is 0.0229. The summed E-state index contributed by atoms with van der Waals surface area (Å²) in [7, 11) is 0. The van der Waals surface area contributed by atoms with Gasteiger partial charge in [-0.1, -0.05) is 44.3 Å². The SMILES string of the molecule is C=CC(=O)Oc1cc(C2Cc3nc(C)nc(N4CCN(C(=O)C=C)CC4)c3CC2C)c2ccccc2c1. The Bertz CT molecular complexity index is 1390. The Morgan fingerprint density at radius 1 is 1.03 bits per heavy atom. The third-order valence-corrected chi connectivity index (χ3v) is 7.53. The van der Waals surface area contributed by atoms with Gasteiger partial charge in [-0.25, -0.2) is 14.8 Å². The summed E-state index contributed by atoms with van der Waals surface area (Å²) in [4.78, 5) is 37.9. The molecule has 0 saturated carbocycles. The molecule has 2 aromatic carbocycles. The van der Waals surface area contributed by atoms with Crippen LogP contribution in [-0.4, -0.2) is 52.9 Å². The lowest BCUT2D eigenvalue weighted by Crippen LogP contribution is -2.49. The Morgan fingerprint density at radius 2 is 1.78 bits per heavy atom. The molecule has 0 radical (unpaired) electrons. The molecule has 1 amide bonds. The summed E-state index contributed by atoms with van der Waals surface area (Å²) in [5, 5.41) is 2.20. The van der Waals surface area contributed by atoms with Gasteiger partial charge in [0.2, 0.25) is 5.91 Å². The molecule has 1 aromatic heterocycles. The van der Waals surface area contributed by atoms with E-state index in [1.54, 1.807) is 0 Å². The predicted octanol–water partition coefficient (Wildman–Crippen LogP) is 4.38. The zero-order valence-electron chi connectivity index (χ0n) is 21.4. The minimum atomic E-state index is -0.467. The molecule has 2 aliphatic rings. The highest BCUT2D eigenvalue weighted by Crippen LogP contribution is 2.42. The van der Waals surface area contributed by atoms with Crippen LogP contribution in [0, 0.1) is 12.8 Å². The zero-order valence-corrected chi connectivity index (χ0v) is 21.4. The number of hydrogen-bond donors (Lipinski definition) is 0. The molecule has 37 heavy (non-hydrogen) atoms. The lowest BCUT2D eigenvalue weighted by Gasteiger charge is -2.38. The number of piperazine rings is 1. The quantitative estimate of drug-likeness (QED) is 0.296. The van der Waals surface area contributed by atoms with Gasteiger partial charge in [-0.2, -0.15) is 0 Å². The van der Waals surface area contributed by atoms with Crippen LogP contribution in [0.1, 0.15) is 35.5 Å². The van der Waals surface area contributed by atoms with Gasteiger partial charge in [0.1, 0.15) is 17.4 Å². The second-order valence-electron chi connectivity index (χ2n) is 9.89. The fourth-order valence-corrected chi connectivity index (χ4v) is 5.67. The summed E-state index contributed by atoms with van der Waals surface area (Å²) in [6.45, 7) is 14.1. The second kappa shape index (κ2) is 10.2. The van der Waals surface area contributed by atoms with E-state index in [9.17, 15) is 9.59 Å². The lowest BCUT2D eigenvalue weighted by molar-refractivity contribution is -0.129. The van der Waals surface area contributed by atoms with Crippen LogP contribution in [0.15, 0.2) is 61.7 Å². The fourth-order valence-electron chi connectivity index (χ4n) is 5.67. The van der Waals surface area contributed by atoms with Crippen LogP contribution >= 0.6 is 0 Å². The number of hydrogen-bond acceptors (Lipinski definition) is 6. The molecular weight excluding hydrogens is 464 g/mol. The van der Waals surface area contributed by atoms with Gasteiger partial charge in [0, 0.05) is 37.8 Å². The Labute approximate surface area is 217 Å². The van der Waals surface area contributed by atoms with Crippen LogP contribution < -0.4 is 9.64 Å². The van der Waals surface area contributed by atoms with E-state index < -0.39 is 5.97 Å². The fraction of sp³-hybridized carbons (Fsp3) is 0.333. The Balaban J connectivity index is 1.49. The Kier molecular flexibility index (Phi) is 6.78. The number of amides is 1. The molecule has 0 N–H and O–H groups in total. The van der Waals surface area contributed by atoms with E-state index in [4.69, 9.17) is 14.7 Å². The van der Waals surface area contributed by atoms with Gasteiger partial charge >= 0.3 is 5.97 Å². The number of nitrogens with zero attached hydrogens (tertiary/aromatic N) is 4. The molecule has 3 aromatic rings. The number of carbonyl (C=O) groups excluding carboxylic acids is 2. The maximum atomic E-state index is 12.0. The Hall–Kier alpha value is -4.00. The smallest absolute Gasteiger partial charge is 0.335 e. The van der Waals surface area contributed by atoms with E-state index >= 15 is 0 Å². The van der Waals surface area contributed by atoms with Crippen molar-refractivity contribution in [1.82, 2.24) is 14.9 Å². The number of aryl methyl sites for hydroxylation is 1. The number of aromatic nitrogens is 2. The summed E-state index contributed by atoms with van der Waals surface area (Å²) in [6, 6.07) is 12.1. The van der Waals surface area contributed by atoms with Gasteiger partial charge in [-0.05, 0) is 66.1 Å². The van der Waals surface area contributed by atoms with Gasteiger partial charge in [-0.15, -0.1) is 0 Å². The monoisotopic (exact) mass is 496 g/mol. The first-order valence-electron chi connectivity index (χ1n) is 12.8. The topological polar surface area (TPSA) is 75.6 Å². The number of rotatable bonds is 5. The average molecular weight is 497 g/mol. The number of esters is 1. The molecule has 1 saturated heterocycles. The summed E-state index contributed by atoms with van der Waals surface area (Å²) < 4.78 is 5.54. The molecule has 1 aliphatic carbocycles. The maximum Gasteiger partial charge on any atom is 0.335 e. The van der Waals surface area contributed by atoms with Crippen molar-refractivity contribution in [3.8, 4) is 5.75 Å². The molecule has 1 fully saturated rings. The van der Waals surface area contributed by atoms with Gasteiger partial charge in [-0.3, -0.25) is 4.79 Å². The average Bonchev–Trinajstić information content (AvgIpc) is 2.91. The maximum absolute atomic E-state index is 12.0. The van der Waals surface area contributed by atoms with Crippen LogP contribution in [0.3, 0.4) is 0 Å². The van der Waals surface area contributed by atoms with Crippen LogP contribution in [0.25, 0.3) is 10.8 Å². The molecule has 2 atom stereocenters. The van der Waals surface area contributed by atoms with Crippen LogP contribution in [-0.2, 0) is 22.4 Å². The number of ether oxygens (including phenoxy) is 1. The van der Waals surface area contributed by atoms with Crippen molar-refractivity contribution in [3.05, 3.63) is 84.4 Å². The summed E-state index contributed by atoms with van der Waals surface area (Å²) in [5.74, 6) is 2.33. The number of fused-ring (bicyclic) bond motifs is 2. The number of carbonyl (C=O) groups is 2. The molecule has 0 bridgehead atoms.